The van der Waals surface area contributed by atoms with Crippen molar-refractivity contribution in [2.45, 2.75) is 190 Å². The number of halogens is 2. The highest BCUT2D eigenvalue weighted by molar-refractivity contribution is 9.11. The largest absolute Gasteiger partial charge is 0.496 e. The molecule has 0 amide bonds. The summed E-state index contributed by atoms with van der Waals surface area (Å²) in [5, 5.41) is 3.53. The highest BCUT2D eigenvalue weighted by Gasteiger charge is 2.47. The monoisotopic (exact) mass is 1240 g/mol. The van der Waals surface area contributed by atoms with Crippen molar-refractivity contribution in [2.24, 2.45) is 0 Å². The Hall–Kier alpha value is -3.53. The van der Waals surface area contributed by atoms with Crippen LogP contribution in [0.3, 0.4) is 0 Å². The zero-order chi connectivity index (χ0) is 55.9. The van der Waals surface area contributed by atoms with Gasteiger partial charge in [-0.25, -0.2) is 0 Å². The molecule has 6 aromatic carbocycles. The molecule has 428 valence electrons. The smallest absolute Gasteiger partial charge is 0.133 e. The van der Waals surface area contributed by atoms with E-state index < -0.39 is 14.3 Å². The van der Waals surface area contributed by atoms with Crippen LogP contribution in [0.1, 0.15) is 167 Å². The van der Waals surface area contributed by atoms with Crippen LogP contribution < -0.4 is 29.6 Å². The van der Waals surface area contributed by atoms with Gasteiger partial charge in [0.2, 0.25) is 0 Å². The van der Waals surface area contributed by atoms with Crippen LogP contribution in [0.25, 0.3) is 44.5 Å². The lowest BCUT2D eigenvalue weighted by atomic mass is 9.97. The van der Waals surface area contributed by atoms with Gasteiger partial charge in [-0.05, 0) is 171 Å². The molecule has 4 nitrogen and oxygen atoms in total. The van der Waals surface area contributed by atoms with Crippen molar-refractivity contribution in [1.82, 2.24) is 0 Å². The summed E-state index contributed by atoms with van der Waals surface area (Å²) in [6, 6.07) is 44.7. The summed E-state index contributed by atoms with van der Waals surface area (Å²) in [5.74, 6) is 3.35. The Morgan fingerprint density at radius 3 is 0.800 bits per heavy atom. The van der Waals surface area contributed by atoms with Gasteiger partial charge in [-0.3, -0.25) is 0 Å². The van der Waals surface area contributed by atoms with Gasteiger partial charge in [0.05, 0.1) is 50.2 Å². The van der Waals surface area contributed by atoms with Crippen LogP contribution in [0.4, 0.5) is 0 Å². The van der Waals surface area contributed by atoms with E-state index in [4.69, 9.17) is 18.9 Å². The minimum atomic E-state index is -1.13. The Labute approximate surface area is 503 Å². The predicted octanol–water partition coefficient (Wildman–Crippen LogP) is 19.1. The molecule has 0 radical (unpaired) electrons. The van der Waals surface area contributed by atoms with E-state index in [1.165, 1.54) is 189 Å². The Morgan fingerprint density at radius 2 is 0.525 bits per heavy atom. The molecular weight excluding hydrogens is 1150 g/mol. The molecule has 5 saturated carbocycles. The van der Waals surface area contributed by atoms with Crippen molar-refractivity contribution < 1.29 is 18.9 Å². The zero-order valence-electron chi connectivity index (χ0n) is 47.5. The molecule has 10 heteroatoms. The SMILES string of the molecule is C1CCCCC1.[BH3-][P+](c1ccccc1-c1cccc(-c2c(OC)cccc2OC)c1Br)(C1CCCCC1)C1CCCCC1.[BH3-][P+](c1ccccc1-c1cccc(-c2c(OC)cccc2OC)c1Br)(C1CCCCC1)C1CCCCC1. The number of ether oxygens (including phenoxy) is 4. The molecule has 5 aliphatic rings. The highest BCUT2D eigenvalue weighted by atomic mass is 79.9. The molecule has 0 aromatic heterocycles. The molecule has 11 rings (SSSR count). The Bertz CT molecular complexity index is 2640. The highest BCUT2D eigenvalue weighted by Crippen LogP contribution is 2.70. The maximum atomic E-state index is 5.79. The molecule has 0 bridgehead atoms. The number of methoxy groups -OCH3 is 4. The van der Waals surface area contributed by atoms with Crippen LogP contribution in [-0.2, 0) is 0 Å². The third kappa shape index (κ3) is 13.5. The van der Waals surface area contributed by atoms with Crippen LogP contribution in [-0.4, -0.2) is 66.2 Å². The van der Waals surface area contributed by atoms with E-state index in [1.807, 2.05) is 36.4 Å². The zero-order valence-corrected chi connectivity index (χ0v) is 52.5. The quantitative estimate of drug-likeness (QED) is 0.0804. The summed E-state index contributed by atoms with van der Waals surface area (Å²) in [6.07, 6.45) is 38.1. The Balaban J connectivity index is 0.000000175. The summed E-state index contributed by atoms with van der Waals surface area (Å²) in [4.78, 5) is 0. The average Bonchev–Trinajstić information content (AvgIpc) is 3.62. The summed E-state index contributed by atoms with van der Waals surface area (Å²) in [6.45, 7) is 0. The van der Waals surface area contributed by atoms with E-state index >= 15 is 0 Å². The topological polar surface area (TPSA) is 36.9 Å². The second kappa shape index (κ2) is 29.8. The second-order valence-corrected chi connectivity index (χ2v) is 29.6. The maximum absolute atomic E-state index is 5.79. The van der Waals surface area contributed by atoms with Crippen LogP contribution >= 0.6 is 46.1 Å². The van der Waals surface area contributed by atoms with E-state index in [1.54, 1.807) is 39.0 Å². The van der Waals surface area contributed by atoms with E-state index in [0.717, 1.165) is 76.8 Å². The van der Waals surface area contributed by atoms with Gasteiger partial charge in [0.1, 0.15) is 38.1 Å². The maximum Gasteiger partial charge on any atom is 0.133 e. The van der Waals surface area contributed by atoms with E-state index in [-0.39, 0.29) is 15.1 Å². The van der Waals surface area contributed by atoms with Crippen LogP contribution in [0, 0.1) is 0 Å². The molecule has 6 aromatic rings. The normalized spacial score (nSPS) is 18.0. The van der Waals surface area contributed by atoms with Gasteiger partial charge in [0.15, 0.2) is 0 Å². The lowest BCUT2D eigenvalue weighted by molar-refractivity contribution is 0.397. The van der Waals surface area contributed by atoms with Crippen LogP contribution in [0.5, 0.6) is 23.0 Å². The van der Waals surface area contributed by atoms with E-state index in [9.17, 15) is 0 Å². The molecular formula is C70H94B2Br2O4P2. The van der Waals surface area contributed by atoms with Crippen molar-refractivity contribution in [1.29, 1.82) is 0 Å². The molecule has 0 heterocycles. The van der Waals surface area contributed by atoms with E-state index in [0.29, 0.717) is 0 Å². The van der Waals surface area contributed by atoms with Crippen molar-refractivity contribution in [3.8, 4) is 67.5 Å². The van der Waals surface area contributed by atoms with Crippen molar-refractivity contribution >= 4 is 71.9 Å². The Kier molecular flexibility index (Phi) is 22.8. The fourth-order valence-electron chi connectivity index (χ4n) is 13.8. The molecule has 0 aliphatic heterocycles. The molecule has 5 fully saturated rings. The van der Waals surface area contributed by atoms with Gasteiger partial charge in [-0.1, -0.05) is 149 Å². The lowest BCUT2D eigenvalue weighted by Crippen LogP contribution is -2.35. The van der Waals surface area contributed by atoms with Gasteiger partial charge in [0.25, 0.3) is 0 Å². The summed E-state index contributed by atoms with van der Waals surface area (Å²) < 4.78 is 25.5. The minimum Gasteiger partial charge on any atom is -0.496 e. The van der Waals surface area contributed by atoms with Gasteiger partial charge < -0.3 is 18.9 Å². The number of rotatable bonds is 14. The first-order valence-electron chi connectivity index (χ1n) is 30.2. The first-order valence-corrected chi connectivity index (χ1v) is 34.8. The fourth-order valence-corrected chi connectivity index (χ4v) is 23.1. The fraction of sp³-hybridized carbons (Fsp3) is 0.486. The van der Waals surface area contributed by atoms with Crippen LogP contribution in [0.2, 0.25) is 0 Å². The molecule has 5 aliphatic carbocycles. The third-order valence-electron chi connectivity index (χ3n) is 17.7. The minimum absolute atomic E-state index is 0.176. The molecule has 0 unspecified atom stereocenters. The first-order chi connectivity index (χ1) is 39.2. The van der Waals surface area contributed by atoms with Crippen molar-refractivity contribution in [2.75, 3.05) is 28.4 Å². The second-order valence-electron chi connectivity index (χ2n) is 22.5. The Morgan fingerprint density at radius 1 is 0.300 bits per heavy atom. The molecule has 0 saturated heterocycles. The molecule has 0 atom stereocenters. The summed E-state index contributed by atoms with van der Waals surface area (Å²) in [7, 11) is 5.04. The average molecular weight is 1240 g/mol. The van der Waals surface area contributed by atoms with Gasteiger partial charge >= 0.3 is 0 Å². The lowest BCUT2D eigenvalue weighted by Gasteiger charge is -2.47. The van der Waals surface area contributed by atoms with Gasteiger partial charge in [0, 0.05) is 65.0 Å². The summed E-state index contributed by atoms with van der Waals surface area (Å²) >= 11 is 8.19. The number of hydrogen-bond acceptors (Lipinski definition) is 4. The number of hydrogen-bond donors (Lipinski definition) is 0. The van der Waals surface area contributed by atoms with Gasteiger partial charge in [-0.15, -0.1) is 14.3 Å². The number of benzene rings is 6. The summed E-state index contributed by atoms with van der Waals surface area (Å²) in [5.41, 5.74) is 13.8. The predicted molar refractivity (Wildman–Crippen MR) is 364 cm³/mol. The van der Waals surface area contributed by atoms with Gasteiger partial charge in [-0.2, -0.15) is 0 Å². The first kappa shape index (κ1) is 61.0. The van der Waals surface area contributed by atoms with Crippen molar-refractivity contribution in [3.63, 3.8) is 0 Å². The third-order valence-corrected chi connectivity index (χ3v) is 26.5. The molecule has 0 spiro atoms. The van der Waals surface area contributed by atoms with Crippen molar-refractivity contribution in [3.05, 3.63) is 130 Å². The van der Waals surface area contributed by atoms with E-state index in [2.05, 4.69) is 117 Å². The molecule has 0 N–H and O–H groups in total. The molecule has 80 heavy (non-hydrogen) atoms. The standard InChI is InChI=1S/2C32H41BBrO2P.C6H12/c2*1-35-28-20-12-21-29(36-2)31(28)27-19-11-18-26(32(27)34)25-17-9-10-22-30(25)37(33,23-13-5-3-6-14-23)24-15-7-4-8-16-24;1-2-4-6-5-3-1/h2*9-12,17-24H,3-8,13-16H2,1-2,33H3;1-6H2. The van der Waals surface area contributed by atoms with Crippen LogP contribution in [0.15, 0.2) is 130 Å².